The average Bonchev–Trinajstić information content (AvgIpc) is 2.59. The second-order valence-electron chi connectivity index (χ2n) is 5.38. The van der Waals surface area contributed by atoms with Crippen molar-refractivity contribution in [3.63, 3.8) is 0 Å². The lowest BCUT2D eigenvalue weighted by Crippen LogP contribution is -2.21. The van der Waals surface area contributed by atoms with E-state index in [-0.39, 0.29) is 11.6 Å². The van der Waals surface area contributed by atoms with Crippen LogP contribution in [0.25, 0.3) is 0 Å². The maximum atomic E-state index is 12.3. The Morgan fingerprint density at radius 2 is 1.88 bits per heavy atom. The lowest BCUT2D eigenvalue weighted by Gasteiger charge is -2.10. The van der Waals surface area contributed by atoms with Gasteiger partial charge in [0.2, 0.25) is 5.71 Å². The van der Waals surface area contributed by atoms with Crippen LogP contribution >= 0.6 is 0 Å². The summed E-state index contributed by atoms with van der Waals surface area (Å²) < 4.78 is 0. The SMILES string of the molecule is Cc1cccc(NC(=O)c2ccc(N/N=C(\C#N)C(=N)N)cc2)c1C. The van der Waals surface area contributed by atoms with Gasteiger partial charge in [-0.2, -0.15) is 10.4 Å². The molecule has 0 radical (unpaired) electrons. The Morgan fingerprint density at radius 3 is 2.48 bits per heavy atom. The van der Waals surface area contributed by atoms with Crippen LogP contribution in [-0.2, 0) is 0 Å². The summed E-state index contributed by atoms with van der Waals surface area (Å²) in [6, 6.07) is 14.0. The van der Waals surface area contributed by atoms with Gasteiger partial charge in [-0.05, 0) is 55.3 Å². The molecule has 0 aliphatic carbocycles. The van der Waals surface area contributed by atoms with Crippen LogP contribution in [0.5, 0.6) is 0 Å². The molecule has 126 valence electrons. The summed E-state index contributed by atoms with van der Waals surface area (Å²) in [5.74, 6) is -0.635. The molecule has 5 N–H and O–H groups in total. The number of nitriles is 1. The van der Waals surface area contributed by atoms with Crippen molar-refractivity contribution in [3.05, 3.63) is 59.2 Å². The van der Waals surface area contributed by atoms with E-state index < -0.39 is 5.84 Å². The first kappa shape index (κ1) is 17.7. The van der Waals surface area contributed by atoms with Gasteiger partial charge >= 0.3 is 0 Å². The summed E-state index contributed by atoms with van der Waals surface area (Å²) in [6.07, 6.45) is 0. The molecule has 0 saturated heterocycles. The van der Waals surface area contributed by atoms with Gasteiger partial charge in [0.05, 0.1) is 5.69 Å². The molecule has 2 aromatic carbocycles. The minimum atomic E-state index is -0.417. The largest absolute Gasteiger partial charge is 0.382 e. The van der Waals surface area contributed by atoms with Crippen molar-refractivity contribution < 1.29 is 4.79 Å². The molecule has 2 rings (SSSR count). The number of hydrogen-bond acceptors (Lipinski definition) is 5. The number of hydrogen-bond donors (Lipinski definition) is 4. The van der Waals surface area contributed by atoms with Crippen LogP contribution in [0.4, 0.5) is 11.4 Å². The fourth-order valence-corrected chi connectivity index (χ4v) is 2.04. The fraction of sp³-hybridized carbons (Fsp3) is 0.111. The molecule has 25 heavy (non-hydrogen) atoms. The quantitative estimate of drug-likeness (QED) is 0.381. The van der Waals surface area contributed by atoms with Crippen LogP contribution in [0.2, 0.25) is 0 Å². The van der Waals surface area contributed by atoms with E-state index in [1.165, 1.54) is 0 Å². The minimum Gasteiger partial charge on any atom is -0.382 e. The van der Waals surface area contributed by atoms with E-state index >= 15 is 0 Å². The maximum absolute atomic E-state index is 12.3. The molecule has 0 atom stereocenters. The monoisotopic (exact) mass is 334 g/mol. The smallest absolute Gasteiger partial charge is 0.255 e. The molecule has 7 nitrogen and oxygen atoms in total. The topological polar surface area (TPSA) is 127 Å². The normalized spacial score (nSPS) is 10.7. The first-order chi connectivity index (χ1) is 11.9. The highest BCUT2D eigenvalue weighted by Gasteiger charge is 2.08. The highest BCUT2D eigenvalue weighted by atomic mass is 16.1. The number of nitrogens with zero attached hydrogens (tertiary/aromatic N) is 2. The fourth-order valence-electron chi connectivity index (χ4n) is 2.04. The first-order valence-electron chi connectivity index (χ1n) is 7.48. The van der Waals surface area contributed by atoms with Gasteiger partial charge in [0.15, 0.2) is 5.84 Å². The number of nitrogens with one attached hydrogen (secondary N) is 3. The highest BCUT2D eigenvalue weighted by molar-refractivity contribution is 6.45. The Morgan fingerprint density at radius 1 is 1.20 bits per heavy atom. The van der Waals surface area contributed by atoms with Gasteiger partial charge in [0, 0.05) is 11.3 Å². The van der Waals surface area contributed by atoms with Crippen LogP contribution in [-0.4, -0.2) is 17.5 Å². The van der Waals surface area contributed by atoms with E-state index in [2.05, 4.69) is 15.8 Å². The van der Waals surface area contributed by atoms with Crippen LogP contribution in [0.3, 0.4) is 0 Å². The van der Waals surface area contributed by atoms with Crippen LogP contribution in [0.15, 0.2) is 47.6 Å². The van der Waals surface area contributed by atoms with Crippen LogP contribution < -0.4 is 16.5 Å². The number of amidine groups is 1. The summed E-state index contributed by atoms with van der Waals surface area (Å²) in [5, 5.41) is 22.6. The number of nitrogens with two attached hydrogens (primary N) is 1. The molecule has 2 aromatic rings. The van der Waals surface area contributed by atoms with Crippen molar-refractivity contribution in [1.82, 2.24) is 0 Å². The molecule has 1 amide bonds. The van der Waals surface area contributed by atoms with Gasteiger partial charge in [-0.15, -0.1) is 0 Å². The lowest BCUT2D eigenvalue weighted by atomic mass is 10.1. The molecule has 7 heteroatoms. The zero-order valence-electron chi connectivity index (χ0n) is 13.9. The average molecular weight is 334 g/mol. The molecule has 0 unspecified atom stereocenters. The Hall–Kier alpha value is -3.66. The van der Waals surface area contributed by atoms with E-state index in [0.717, 1.165) is 16.8 Å². The van der Waals surface area contributed by atoms with E-state index in [4.69, 9.17) is 16.4 Å². The number of carbonyl (C=O) groups is 1. The number of amides is 1. The Balaban J connectivity index is 2.09. The molecular weight excluding hydrogens is 316 g/mol. The summed E-state index contributed by atoms with van der Waals surface area (Å²) in [4.78, 5) is 12.3. The summed E-state index contributed by atoms with van der Waals surface area (Å²) in [6.45, 7) is 3.94. The molecular formula is C18H18N6O. The predicted octanol–water partition coefficient (Wildman–Crippen LogP) is 2.78. The van der Waals surface area contributed by atoms with E-state index in [1.54, 1.807) is 30.3 Å². The van der Waals surface area contributed by atoms with Gasteiger partial charge in [-0.25, -0.2) is 0 Å². The number of aryl methyl sites for hydroxylation is 1. The second kappa shape index (κ2) is 7.75. The minimum absolute atomic E-state index is 0.211. The van der Waals surface area contributed by atoms with Gasteiger partial charge < -0.3 is 11.1 Å². The van der Waals surface area contributed by atoms with Gasteiger partial charge in [-0.1, -0.05) is 12.1 Å². The highest BCUT2D eigenvalue weighted by Crippen LogP contribution is 2.19. The van der Waals surface area contributed by atoms with E-state index in [1.807, 2.05) is 32.0 Å². The third-order valence-corrected chi connectivity index (χ3v) is 3.66. The van der Waals surface area contributed by atoms with Crippen molar-refractivity contribution in [1.29, 1.82) is 10.7 Å². The van der Waals surface area contributed by atoms with Gasteiger partial charge in [-0.3, -0.25) is 15.6 Å². The third-order valence-electron chi connectivity index (χ3n) is 3.66. The van der Waals surface area contributed by atoms with Crippen molar-refractivity contribution >= 4 is 28.8 Å². The van der Waals surface area contributed by atoms with Crippen LogP contribution in [0, 0.1) is 30.6 Å². The lowest BCUT2D eigenvalue weighted by molar-refractivity contribution is 0.102. The second-order valence-corrected chi connectivity index (χ2v) is 5.38. The van der Waals surface area contributed by atoms with E-state index in [0.29, 0.717) is 11.3 Å². The number of hydrazone groups is 1. The predicted molar refractivity (Wildman–Crippen MR) is 98.9 cm³/mol. The zero-order valence-corrected chi connectivity index (χ0v) is 13.9. The maximum Gasteiger partial charge on any atom is 0.255 e. The Bertz CT molecular complexity index is 877. The molecule has 0 aliphatic rings. The standard InChI is InChI=1S/C18H18N6O/c1-11-4-3-5-15(12(11)2)22-18(25)13-6-8-14(9-7-13)23-24-16(10-19)17(20)21/h3-9,23H,1-2H3,(H3,20,21)(H,22,25)/b24-16+. The number of anilines is 2. The van der Waals surface area contributed by atoms with Gasteiger partial charge in [0.25, 0.3) is 5.91 Å². The Kier molecular flexibility index (Phi) is 5.48. The Labute approximate surface area is 145 Å². The van der Waals surface area contributed by atoms with Gasteiger partial charge in [0.1, 0.15) is 6.07 Å². The first-order valence-corrected chi connectivity index (χ1v) is 7.48. The zero-order chi connectivity index (χ0) is 18.4. The summed E-state index contributed by atoms with van der Waals surface area (Å²) in [5.41, 5.74) is 11.6. The van der Waals surface area contributed by atoms with Crippen molar-refractivity contribution in [2.24, 2.45) is 10.8 Å². The van der Waals surface area contributed by atoms with Crippen LogP contribution in [0.1, 0.15) is 21.5 Å². The number of carbonyl (C=O) groups excluding carboxylic acids is 1. The van der Waals surface area contributed by atoms with Crippen molar-refractivity contribution in [3.8, 4) is 6.07 Å². The van der Waals surface area contributed by atoms with Crippen molar-refractivity contribution in [2.75, 3.05) is 10.7 Å². The van der Waals surface area contributed by atoms with Crippen molar-refractivity contribution in [2.45, 2.75) is 13.8 Å². The molecule has 0 fully saturated rings. The molecule has 0 heterocycles. The number of benzene rings is 2. The molecule has 0 bridgehead atoms. The number of rotatable bonds is 5. The third kappa shape index (κ3) is 4.42. The molecule has 0 saturated carbocycles. The summed E-state index contributed by atoms with van der Waals surface area (Å²) in [7, 11) is 0. The molecule has 0 spiro atoms. The summed E-state index contributed by atoms with van der Waals surface area (Å²) >= 11 is 0. The molecule has 0 aromatic heterocycles. The molecule has 0 aliphatic heterocycles. The van der Waals surface area contributed by atoms with E-state index in [9.17, 15) is 4.79 Å².